The number of aromatic nitrogens is 4. The lowest BCUT2D eigenvalue weighted by Crippen LogP contribution is -2.50. The van der Waals surface area contributed by atoms with Gasteiger partial charge in [0.25, 0.3) is 0 Å². The lowest BCUT2D eigenvalue weighted by atomic mass is 10.1. The second-order valence-corrected chi connectivity index (χ2v) is 20.4. The van der Waals surface area contributed by atoms with Gasteiger partial charge in [0.05, 0.1) is 35.4 Å². The zero-order chi connectivity index (χ0) is 32.5. The van der Waals surface area contributed by atoms with Crippen molar-refractivity contribution in [3.05, 3.63) is 42.6 Å². The first-order valence-corrected chi connectivity index (χ1v) is 19.2. The van der Waals surface area contributed by atoms with Crippen LogP contribution in [0.25, 0.3) is 33.6 Å². The largest absolute Gasteiger partial charge is 0.444 e. The van der Waals surface area contributed by atoms with Crippen molar-refractivity contribution in [3.8, 4) is 11.5 Å². The number of likely N-dealkylation sites (N-methyl/N-ethyl adjacent to an activating group) is 1. The lowest BCUT2D eigenvalue weighted by Gasteiger charge is -2.41. The Morgan fingerprint density at radius 1 is 1.07 bits per heavy atom. The summed E-state index contributed by atoms with van der Waals surface area (Å²) >= 11 is 0. The standard InChI is InChI=1S/C35H50N6O3Si/c1-34(2,3)43-33(42)40-21-29(30(22-40)44-45(9,10)35(4,5)6)38(7)25-15-16-27-26(19-25)37-32(39(27)8)28-18-24-12-11-17-36-31(24)41(28)20-23-13-14-23/h11-12,15-19,23,29-30H,13-14,20-22H2,1-10H3/t29-,30+/m0/s1. The van der Waals surface area contributed by atoms with Gasteiger partial charge in [-0.05, 0) is 94.1 Å². The molecule has 1 aromatic carbocycles. The average molecular weight is 631 g/mol. The van der Waals surface area contributed by atoms with E-state index in [1.807, 2.05) is 37.9 Å². The average Bonchev–Trinajstić information content (AvgIpc) is 3.42. The van der Waals surface area contributed by atoms with Gasteiger partial charge in [0.15, 0.2) is 14.1 Å². The first-order valence-electron chi connectivity index (χ1n) is 16.3. The third-order valence-electron chi connectivity index (χ3n) is 9.93. The molecule has 0 spiro atoms. The smallest absolute Gasteiger partial charge is 0.410 e. The van der Waals surface area contributed by atoms with Crippen LogP contribution >= 0.6 is 0 Å². The molecule has 4 aromatic rings. The highest BCUT2D eigenvalue weighted by Gasteiger charge is 2.46. The van der Waals surface area contributed by atoms with E-state index in [1.165, 1.54) is 12.8 Å². The van der Waals surface area contributed by atoms with Crippen molar-refractivity contribution in [2.24, 2.45) is 13.0 Å². The zero-order valence-corrected chi connectivity index (χ0v) is 29.7. The summed E-state index contributed by atoms with van der Waals surface area (Å²) in [5.41, 5.74) is 4.64. The molecule has 2 aliphatic rings. The molecular weight excluding hydrogens is 581 g/mol. The Labute approximate surface area is 268 Å². The van der Waals surface area contributed by atoms with Crippen molar-refractivity contribution in [1.82, 2.24) is 24.0 Å². The van der Waals surface area contributed by atoms with Crippen LogP contribution in [0.1, 0.15) is 54.4 Å². The number of carbonyl (C=O) groups is 1. The van der Waals surface area contributed by atoms with E-state index in [4.69, 9.17) is 19.1 Å². The maximum atomic E-state index is 13.2. The van der Waals surface area contributed by atoms with Gasteiger partial charge >= 0.3 is 6.09 Å². The number of amides is 1. The number of likely N-dealkylation sites (tertiary alicyclic amines) is 1. The topological polar surface area (TPSA) is 77.7 Å². The number of anilines is 1. The van der Waals surface area contributed by atoms with Crippen LogP contribution in [0.15, 0.2) is 42.6 Å². The van der Waals surface area contributed by atoms with Crippen molar-refractivity contribution in [3.63, 3.8) is 0 Å². The maximum Gasteiger partial charge on any atom is 0.410 e. The first kappa shape index (κ1) is 31.6. The van der Waals surface area contributed by atoms with Crippen LogP contribution in [-0.4, -0.2) is 76.3 Å². The molecule has 0 radical (unpaired) electrons. The number of carbonyl (C=O) groups excluding carboxylic acids is 1. The van der Waals surface area contributed by atoms with Gasteiger partial charge in [0.1, 0.15) is 11.2 Å². The van der Waals surface area contributed by atoms with E-state index in [-0.39, 0.29) is 23.3 Å². The second-order valence-electron chi connectivity index (χ2n) is 15.6. The van der Waals surface area contributed by atoms with E-state index in [0.29, 0.717) is 19.0 Å². The highest BCUT2D eigenvalue weighted by molar-refractivity contribution is 6.74. The Bertz CT molecular complexity index is 1720. The fourth-order valence-electron chi connectivity index (χ4n) is 6.12. The van der Waals surface area contributed by atoms with Crippen LogP contribution in [0.4, 0.5) is 10.5 Å². The Balaban J connectivity index is 1.33. The summed E-state index contributed by atoms with van der Waals surface area (Å²) in [5.74, 6) is 1.66. The molecule has 1 saturated carbocycles. The number of aryl methyl sites for hydroxylation is 1. The maximum absolute atomic E-state index is 13.2. The Hall–Kier alpha value is -3.37. The number of hydrogen-bond donors (Lipinski definition) is 0. The van der Waals surface area contributed by atoms with E-state index in [0.717, 1.165) is 45.8 Å². The predicted octanol–water partition coefficient (Wildman–Crippen LogP) is 7.45. The number of fused-ring (bicyclic) bond motifs is 2. The summed E-state index contributed by atoms with van der Waals surface area (Å²) < 4.78 is 17.3. The Morgan fingerprint density at radius 2 is 1.80 bits per heavy atom. The van der Waals surface area contributed by atoms with Gasteiger partial charge in [-0.3, -0.25) is 0 Å². The van der Waals surface area contributed by atoms with Crippen LogP contribution < -0.4 is 4.90 Å². The van der Waals surface area contributed by atoms with Crippen molar-refractivity contribution in [2.45, 2.75) is 96.8 Å². The van der Waals surface area contributed by atoms with Gasteiger partial charge in [-0.25, -0.2) is 14.8 Å². The van der Waals surface area contributed by atoms with Crippen LogP contribution in [-0.2, 0) is 22.8 Å². The molecule has 9 nitrogen and oxygen atoms in total. The zero-order valence-electron chi connectivity index (χ0n) is 28.7. The molecule has 0 unspecified atom stereocenters. The highest BCUT2D eigenvalue weighted by Crippen LogP contribution is 2.40. The molecule has 2 atom stereocenters. The molecule has 242 valence electrons. The molecule has 1 aliphatic heterocycles. The molecule has 1 aliphatic carbocycles. The van der Waals surface area contributed by atoms with Gasteiger partial charge < -0.3 is 28.1 Å². The monoisotopic (exact) mass is 630 g/mol. The van der Waals surface area contributed by atoms with Crippen LogP contribution in [0.3, 0.4) is 0 Å². The molecule has 45 heavy (non-hydrogen) atoms. The molecule has 0 N–H and O–H groups in total. The predicted molar refractivity (Wildman–Crippen MR) is 184 cm³/mol. The van der Waals surface area contributed by atoms with Crippen LogP contribution in [0.5, 0.6) is 0 Å². The first-order chi connectivity index (χ1) is 21.0. The Morgan fingerprint density at radius 3 is 2.47 bits per heavy atom. The van der Waals surface area contributed by atoms with Gasteiger partial charge in [-0.15, -0.1) is 0 Å². The van der Waals surface area contributed by atoms with Gasteiger partial charge in [-0.2, -0.15) is 0 Å². The summed E-state index contributed by atoms with van der Waals surface area (Å²) in [4.78, 5) is 27.2. The quantitative estimate of drug-likeness (QED) is 0.198. The van der Waals surface area contributed by atoms with E-state index < -0.39 is 13.9 Å². The van der Waals surface area contributed by atoms with Crippen molar-refractivity contribution in [2.75, 3.05) is 25.0 Å². The number of imidazole rings is 1. The lowest BCUT2D eigenvalue weighted by molar-refractivity contribution is 0.0272. The number of benzene rings is 1. The van der Waals surface area contributed by atoms with E-state index in [2.05, 4.69) is 92.3 Å². The normalized spacial score (nSPS) is 19.6. The number of hydrogen-bond acceptors (Lipinski definition) is 6. The fourth-order valence-corrected chi connectivity index (χ4v) is 7.46. The number of ether oxygens (including phenoxy) is 1. The van der Waals surface area contributed by atoms with Crippen LogP contribution in [0, 0.1) is 5.92 Å². The molecule has 3 aromatic heterocycles. The minimum absolute atomic E-state index is 0.0283. The van der Waals surface area contributed by atoms with E-state index >= 15 is 0 Å². The summed E-state index contributed by atoms with van der Waals surface area (Å²) in [6.45, 7) is 19.1. The summed E-state index contributed by atoms with van der Waals surface area (Å²) in [6.07, 6.45) is 4.00. The molecule has 10 heteroatoms. The van der Waals surface area contributed by atoms with E-state index in [1.54, 1.807) is 0 Å². The Kier molecular flexibility index (Phi) is 7.83. The van der Waals surface area contributed by atoms with Gasteiger partial charge in [0.2, 0.25) is 0 Å². The van der Waals surface area contributed by atoms with Crippen LogP contribution in [0.2, 0.25) is 18.1 Å². The van der Waals surface area contributed by atoms with Gasteiger partial charge in [-0.1, -0.05) is 20.8 Å². The second kappa shape index (κ2) is 11.2. The van der Waals surface area contributed by atoms with Crippen molar-refractivity contribution < 1.29 is 14.0 Å². The third kappa shape index (κ3) is 6.23. The number of rotatable bonds is 7. The number of nitrogens with zero attached hydrogens (tertiary/aromatic N) is 6. The number of pyridine rings is 1. The molecule has 1 saturated heterocycles. The van der Waals surface area contributed by atoms with Crippen molar-refractivity contribution in [1.29, 1.82) is 0 Å². The molecule has 6 rings (SSSR count). The molecular formula is C35H50N6O3Si. The van der Waals surface area contributed by atoms with E-state index in [9.17, 15) is 4.79 Å². The molecule has 2 fully saturated rings. The minimum Gasteiger partial charge on any atom is -0.444 e. The molecule has 4 heterocycles. The van der Waals surface area contributed by atoms with Gasteiger partial charge in [0, 0.05) is 44.5 Å². The minimum atomic E-state index is -2.11. The SMILES string of the molecule is CN(c1ccc2c(c1)nc(-c1cc3cccnc3n1CC1CC1)n2C)[C@H]1CN(C(=O)OC(C)(C)C)C[C@H]1O[Si](C)(C)C(C)(C)C. The molecule has 0 bridgehead atoms. The fraction of sp³-hybridized carbons (Fsp3) is 0.571. The molecule has 1 amide bonds. The third-order valence-corrected chi connectivity index (χ3v) is 14.4. The summed E-state index contributed by atoms with van der Waals surface area (Å²) in [7, 11) is 2.09. The highest BCUT2D eigenvalue weighted by atomic mass is 28.4. The summed E-state index contributed by atoms with van der Waals surface area (Å²) in [6, 6.07) is 12.8. The summed E-state index contributed by atoms with van der Waals surface area (Å²) in [5, 5.41) is 1.19. The van der Waals surface area contributed by atoms with Crippen molar-refractivity contribution >= 4 is 42.2 Å².